The fourth-order valence-electron chi connectivity index (χ4n) is 1.77. The highest BCUT2D eigenvalue weighted by Crippen LogP contribution is 2.20. The Balaban J connectivity index is 2.35. The molecule has 2 heterocycles. The number of rotatable bonds is 2. The zero-order valence-electron chi connectivity index (χ0n) is 9.05. The maximum Gasteiger partial charge on any atom is 0.227 e. The van der Waals surface area contributed by atoms with Crippen LogP contribution in [-0.4, -0.2) is 30.1 Å². The molecule has 1 N–H and O–H groups in total. The number of nitrogens with zero attached hydrogens (tertiary/aromatic N) is 3. The summed E-state index contributed by atoms with van der Waals surface area (Å²) >= 11 is 0. The summed E-state index contributed by atoms with van der Waals surface area (Å²) in [6.45, 7) is 3.60. The average Bonchev–Trinajstić information content (AvgIpc) is 2.75. The van der Waals surface area contributed by atoms with Crippen molar-refractivity contribution in [3.8, 4) is 0 Å². The first-order chi connectivity index (χ1) is 7.22. The number of hydrogen-bond acceptors (Lipinski definition) is 4. The largest absolute Gasteiger partial charge is 0.371 e. The quantitative estimate of drug-likeness (QED) is 0.804. The normalized spacial score (nSPS) is 15.8. The minimum atomic E-state index is -0.361. The minimum Gasteiger partial charge on any atom is -0.371 e. The Morgan fingerprint density at radius 1 is 1.27 bits per heavy atom. The first-order valence-electron chi connectivity index (χ1n) is 5.19. The second-order valence-electron chi connectivity index (χ2n) is 3.72. The molecule has 1 fully saturated rings. The van der Waals surface area contributed by atoms with Gasteiger partial charge in [-0.3, -0.25) is 0 Å². The van der Waals surface area contributed by atoms with Crippen LogP contribution in [0.3, 0.4) is 0 Å². The van der Waals surface area contributed by atoms with E-state index in [1.165, 1.54) is 0 Å². The molecule has 0 radical (unpaired) electrons. The van der Waals surface area contributed by atoms with Gasteiger partial charge in [-0.25, -0.2) is 9.37 Å². The van der Waals surface area contributed by atoms with Gasteiger partial charge in [-0.1, -0.05) is 0 Å². The van der Waals surface area contributed by atoms with E-state index in [2.05, 4.69) is 20.2 Å². The topological polar surface area (TPSA) is 41.1 Å². The van der Waals surface area contributed by atoms with E-state index in [1.54, 1.807) is 14.0 Å². The zero-order valence-corrected chi connectivity index (χ0v) is 9.05. The van der Waals surface area contributed by atoms with E-state index in [-0.39, 0.29) is 11.6 Å². The molecular formula is C10H15FN4. The van der Waals surface area contributed by atoms with E-state index in [9.17, 15) is 4.39 Å². The van der Waals surface area contributed by atoms with Crippen LogP contribution in [0.25, 0.3) is 0 Å². The number of hydrogen-bond donors (Lipinski definition) is 1. The first kappa shape index (κ1) is 10.1. The molecule has 0 amide bonds. The maximum atomic E-state index is 13.5. The molecule has 1 aliphatic heterocycles. The zero-order chi connectivity index (χ0) is 10.8. The minimum absolute atomic E-state index is 0.282. The van der Waals surface area contributed by atoms with Crippen LogP contribution in [0.4, 0.5) is 16.2 Å². The summed E-state index contributed by atoms with van der Waals surface area (Å²) in [5.41, 5.74) is 0.399. The summed E-state index contributed by atoms with van der Waals surface area (Å²) in [7, 11) is 1.67. The summed E-state index contributed by atoms with van der Waals surface area (Å²) in [5, 5.41) is 2.75. The van der Waals surface area contributed by atoms with Gasteiger partial charge in [-0.15, -0.1) is 0 Å². The highest BCUT2D eigenvalue weighted by Gasteiger charge is 2.18. The van der Waals surface area contributed by atoms with Crippen molar-refractivity contribution in [3.63, 3.8) is 0 Å². The molecule has 1 saturated heterocycles. The summed E-state index contributed by atoms with van der Waals surface area (Å²) < 4.78 is 13.5. The van der Waals surface area contributed by atoms with E-state index < -0.39 is 0 Å². The van der Waals surface area contributed by atoms with Crippen LogP contribution in [0.5, 0.6) is 0 Å². The van der Waals surface area contributed by atoms with Crippen molar-refractivity contribution in [2.24, 2.45) is 0 Å². The Hall–Kier alpha value is -1.39. The van der Waals surface area contributed by atoms with Crippen LogP contribution in [0.15, 0.2) is 0 Å². The predicted molar refractivity (Wildman–Crippen MR) is 57.7 cm³/mol. The second-order valence-corrected chi connectivity index (χ2v) is 3.72. The van der Waals surface area contributed by atoms with Gasteiger partial charge in [0.25, 0.3) is 0 Å². The summed E-state index contributed by atoms with van der Waals surface area (Å²) in [6, 6.07) is 0. The number of aromatic nitrogens is 2. The third-order valence-electron chi connectivity index (χ3n) is 2.63. The van der Waals surface area contributed by atoms with Gasteiger partial charge in [-0.2, -0.15) is 4.98 Å². The van der Waals surface area contributed by atoms with Crippen molar-refractivity contribution >= 4 is 11.8 Å². The number of halogens is 1. The molecule has 5 heteroatoms. The molecule has 1 aromatic heterocycles. The van der Waals surface area contributed by atoms with Crippen LogP contribution in [0.1, 0.15) is 18.5 Å². The SMILES string of the molecule is CNc1nc(N2CCCC2)nc(C)c1F. The molecule has 4 nitrogen and oxygen atoms in total. The Morgan fingerprint density at radius 3 is 2.53 bits per heavy atom. The molecular weight excluding hydrogens is 195 g/mol. The van der Waals surface area contributed by atoms with Crippen molar-refractivity contribution < 1.29 is 4.39 Å². The van der Waals surface area contributed by atoms with Crippen molar-refractivity contribution in [1.29, 1.82) is 0 Å². The van der Waals surface area contributed by atoms with Crippen LogP contribution >= 0.6 is 0 Å². The highest BCUT2D eigenvalue weighted by molar-refractivity contribution is 5.45. The summed E-state index contributed by atoms with van der Waals surface area (Å²) in [5.74, 6) is 0.556. The van der Waals surface area contributed by atoms with Gasteiger partial charge in [0.1, 0.15) is 0 Å². The fourth-order valence-corrected chi connectivity index (χ4v) is 1.77. The molecule has 1 aliphatic rings. The maximum absolute atomic E-state index is 13.5. The van der Waals surface area contributed by atoms with E-state index in [0.29, 0.717) is 11.6 Å². The third-order valence-corrected chi connectivity index (χ3v) is 2.63. The van der Waals surface area contributed by atoms with Gasteiger partial charge in [0.15, 0.2) is 11.6 Å². The highest BCUT2D eigenvalue weighted by atomic mass is 19.1. The van der Waals surface area contributed by atoms with Gasteiger partial charge < -0.3 is 10.2 Å². The van der Waals surface area contributed by atoms with E-state index in [4.69, 9.17) is 0 Å². The van der Waals surface area contributed by atoms with Crippen molar-refractivity contribution in [2.45, 2.75) is 19.8 Å². The molecule has 1 aromatic rings. The second kappa shape index (κ2) is 4.00. The van der Waals surface area contributed by atoms with Gasteiger partial charge in [0.2, 0.25) is 5.95 Å². The Bertz CT molecular complexity index is 361. The van der Waals surface area contributed by atoms with Gasteiger partial charge >= 0.3 is 0 Å². The lowest BCUT2D eigenvalue weighted by atomic mass is 10.4. The van der Waals surface area contributed by atoms with Crippen molar-refractivity contribution in [2.75, 3.05) is 30.4 Å². The molecule has 2 rings (SSSR count). The Kier molecular flexibility index (Phi) is 2.70. The molecule has 0 atom stereocenters. The van der Waals surface area contributed by atoms with Crippen LogP contribution in [-0.2, 0) is 0 Å². The van der Waals surface area contributed by atoms with E-state index >= 15 is 0 Å². The number of aryl methyl sites for hydroxylation is 1. The van der Waals surface area contributed by atoms with Gasteiger partial charge in [-0.05, 0) is 19.8 Å². The lowest BCUT2D eigenvalue weighted by Crippen LogP contribution is -2.21. The van der Waals surface area contributed by atoms with Crippen LogP contribution in [0.2, 0.25) is 0 Å². The molecule has 0 saturated carbocycles. The van der Waals surface area contributed by atoms with Crippen LogP contribution < -0.4 is 10.2 Å². The molecule has 0 bridgehead atoms. The molecule has 0 aromatic carbocycles. The predicted octanol–water partition coefficient (Wildman–Crippen LogP) is 1.57. The summed E-state index contributed by atoms with van der Waals surface area (Å²) in [6.07, 6.45) is 2.32. The fraction of sp³-hybridized carbons (Fsp3) is 0.600. The molecule has 15 heavy (non-hydrogen) atoms. The standard InChI is InChI=1S/C10H15FN4/c1-7-8(11)9(12-2)14-10(13-7)15-5-3-4-6-15/h3-6H2,1-2H3,(H,12,13,14). The third kappa shape index (κ3) is 1.86. The molecule has 0 unspecified atom stereocenters. The number of nitrogens with one attached hydrogen (secondary N) is 1. The Labute approximate surface area is 88.5 Å². The molecule has 82 valence electrons. The molecule has 0 aliphatic carbocycles. The first-order valence-corrected chi connectivity index (χ1v) is 5.19. The van der Waals surface area contributed by atoms with E-state index in [0.717, 1.165) is 25.9 Å². The average molecular weight is 210 g/mol. The van der Waals surface area contributed by atoms with E-state index in [1.807, 2.05) is 0 Å². The lowest BCUT2D eigenvalue weighted by Gasteiger charge is -2.16. The molecule has 0 spiro atoms. The lowest BCUT2D eigenvalue weighted by molar-refractivity contribution is 0.605. The van der Waals surface area contributed by atoms with Crippen molar-refractivity contribution in [3.05, 3.63) is 11.5 Å². The van der Waals surface area contributed by atoms with Crippen molar-refractivity contribution in [1.82, 2.24) is 9.97 Å². The monoisotopic (exact) mass is 210 g/mol. The van der Waals surface area contributed by atoms with Crippen LogP contribution in [0, 0.1) is 12.7 Å². The Morgan fingerprint density at radius 2 is 1.93 bits per heavy atom. The van der Waals surface area contributed by atoms with Gasteiger partial charge in [0.05, 0.1) is 5.69 Å². The van der Waals surface area contributed by atoms with Gasteiger partial charge in [0, 0.05) is 20.1 Å². The summed E-state index contributed by atoms with van der Waals surface area (Å²) in [4.78, 5) is 10.4. The number of anilines is 2. The smallest absolute Gasteiger partial charge is 0.227 e.